The summed E-state index contributed by atoms with van der Waals surface area (Å²) in [6.07, 6.45) is 1.18. The smallest absolute Gasteiger partial charge is 0.218 e. The van der Waals surface area contributed by atoms with Crippen molar-refractivity contribution in [1.29, 1.82) is 5.26 Å². The van der Waals surface area contributed by atoms with Crippen molar-refractivity contribution in [3.63, 3.8) is 0 Å². The molecule has 0 saturated heterocycles. The Morgan fingerprint density at radius 1 is 1.18 bits per heavy atom. The molecular weight excluding hydrogens is 320 g/mol. The van der Waals surface area contributed by atoms with Gasteiger partial charge in [0.2, 0.25) is 9.84 Å². The van der Waals surface area contributed by atoms with E-state index in [1.165, 1.54) is 18.3 Å². The first-order chi connectivity index (χ1) is 10.5. The molecule has 2 rings (SSSR count). The largest absolute Gasteiger partial charge is 0.360 e. The maximum Gasteiger partial charge on any atom is 0.218 e. The van der Waals surface area contributed by atoms with Gasteiger partial charge in [0, 0.05) is 16.9 Å². The topological polar surface area (TPSA) is 70.0 Å². The Labute approximate surface area is 134 Å². The van der Waals surface area contributed by atoms with Crippen molar-refractivity contribution in [3.05, 3.63) is 70.2 Å². The molecule has 0 aliphatic rings. The number of benzene rings is 2. The fraction of sp³-hybridized carbons (Fsp3) is 0.0625. The second-order valence-corrected chi connectivity index (χ2v) is 6.82. The number of anilines is 1. The molecule has 1 N–H and O–H groups in total. The lowest BCUT2D eigenvalue weighted by Gasteiger charge is -2.08. The molecular formula is C16H13ClN2O2S. The van der Waals surface area contributed by atoms with Gasteiger partial charge in [-0.05, 0) is 36.8 Å². The van der Waals surface area contributed by atoms with Gasteiger partial charge in [-0.25, -0.2) is 8.42 Å². The van der Waals surface area contributed by atoms with E-state index in [9.17, 15) is 8.42 Å². The third-order valence-corrected chi connectivity index (χ3v) is 5.17. The Morgan fingerprint density at radius 3 is 2.50 bits per heavy atom. The molecule has 0 fully saturated rings. The summed E-state index contributed by atoms with van der Waals surface area (Å²) in [6, 6.07) is 14.8. The van der Waals surface area contributed by atoms with Crippen LogP contribution in [0.4, 0.5) is 5.69 Å². The molecule has 0 aliphatic heterocycles. The van der Waals surface area contributed by atoms with E-state index in [0.717, 1.165) is 5.56 Å². The summed E-state index contributed by atoms with van der Waals surface area (Å²) in [5, 5.41) is 12.6. The van der Waals surface area contributed by atoms with Crippen LogP contribution in [0.25, 0.3) is 0 Å². The zero-order chi connectivity index (χ0) is 16.2. The van der Waals surface area contributed by atoms with Crippen LogP contribution in [0.2, 0.25) is 5.02 Å². The lowest BCUT2D eigenvalue weighted by Crippen LogP contribution is -2.05. The third-order valence-electron chi connectivity index (χ3n) is 3.08. The summed E-state index contributed by atoms with van der Waals surface area (Å²) in [5.41, 5.74) is 1.42. The highest BCUT2D eigenvalue weighted by Gasteiger charge is 2.20. The molecule has 2 aromatic rings. The summed E-state index contributed by atoms with van der Waals surface area (Å²) >= 11 is 6.00. The van der Waals surface area contributed by atoms with Gasteiger partial charge in [-0.3, -0.25) is 0 Å². The van der Waals surface area contributed by atoms with E-state index in [4.69, 9.17) is 16.9 Å². The summed E-state index contributed by atoms with van der Waals surface area (Å²) < 4.78 is 24.8. The molecule has 2 aromatic carbocycles. The van der Waals surface area contributed by atoms with Gasteiger partial charge in [-0.2, -0.15) is 5.26 Å². The first kappa shape index (κ1) is 16.1. The molecule has 0 heterocycles. The third kappa shape index (κ3) is 3.30. The van der Waals surface area contributed by atoms with Crippen molar-refractivity contribution in [2.75, 3.05) is 5.32 Å². The second kappa shape index (κ2) is 6.65. The Balaban J connectivity index is 2.37. The minimum Gasteiger partial charge on any atom is -0.360 e. The molecule has 0 saturated carbocycles. The van der Waals surface area contributed by atoms with Crippen molar-refractivity contribution >= 4 is 27.1 Å². The Bertz CT molecular complexity index is 853. The predicted octanol–water partition coefficient (Wildman–Crippen LogP) is 3.90. The highest BCUT2D eigenvalue weighted by molar-refractivity contribution is 7.95. The van der Waals surface area contributed by atoms with Crippen LogP contribution in [-0.2, 0) is 9.84 Å². The fourth-order valence-corrected chi connectivity index (χ4v) is 3.08. The Hall–Kier alpha value is -2.29. The first-order valence-corrected chi connectivity index (χ1v) is 8.25. The van der Waals surface area contributed by atoms with Gasteiger partial charge in [0.05, 0.1) is 4.90 Å². The van der Waals surface area contributed by atoms with Crippen molar-refractivity contribution < 1.29 is 8.42 Å². The molecule has 0 radical (unpaired) electrons. The van der Waals surface area contributed by atoms with Crippen molar-refractivity contribution in [2.24, 2.45) is 0 Å². The van der Waals surface area contributed by atoms with Crippen LogP contribution in [0.3, 0.4) is 0 Å². The van der Waals surface area contributed by atoms with E-state index in [-0.39, 0.29) is 9.80 Å². The quantitative estimate of drug-likeness (QED) is 0.862. The van der Waals surface area contributed by atoms with Crippen molar-refractivity contribution in [3.8, 4) is 6.07 Å². The predicted molar refractivity (Wildman–Crippen MR) is 87.1 cm³/mol. The normalized spacial score (nSPS) is 11.8. The fourth-order valence-electron chi connectivity index (χ4n) is 1.80. The Morgan fingerprint density at radius 2 is 1.86 bits per heavy atom. The molecule has 6 heteroatoms. The standard InChI is InChI=1S/C16H13ClN2O2S/c1-12-15(17)8-5-9-16(12)19-11-14(10-18)22(20,21)13-6-3-2-4-7-13/h2-9,11,19H,1H3. The van der Waals surface area contributed by atoms with E-state index in [2.05, 4.69) is 5.32 Å². The molecule has 0 spiro atoms. The summed E-state index contributed by atoms with van der Waals surface area (Å²) in [6.45, 7) is 1.80. The SMILES string of the molecule is Cc1c(Cl)cccc1NC=C(C#N)S(=O)(=O)c1ccccc1. The van der Waals surface area contributed by atoms with Crippen LogP contribution in [-0.4, -0.2) is 8.42 Å². The van der Waals surface area contributed by atoms with E-state index < -0.39 is 9.84 Å². The monoisotopic (exact) mass is 332 g/mol. The number of hydrogen-bond donors (Lipinski definition) is 1. The zero-order valence-electron chi connectivity index (χ0n) is 11.7. The minimum atomic E-state index is -3.84. The molecule has 112 valence electrons. The number of nitrogens with zero attached hydrogens (tertiary/aromatic N) is 1. The van der Waals surface area contributed by atoms with Gasteiger partial charge in [-0.15, -0.1) is 0 Å². The highest BCUT2D eigenvalue weighted by Crippen LogP contribution is 2.24. The van der Waals surface area contributed by atoms with Gasteiger partial charge in [-0.1, -0.05) is 35.9 Å². The number of halogens is 1. The zero-order valence-corrected chi connectivity index (χ0v) is 13.3. The van der Waals surface area contributed by atoms with Gasteiger partial charge in [0.15, 0.2) is 4.91 Å². The summed E-state index contributed by atoms with van der Waals surface area (Å²) in [4.78, 5) is -0.287. The van der Waals surface area contributed by atoms with E-state index >= 15 is 0 Å². The van der Waals surface area contributed by atoms with Crippen LogP contribution < -0.4 is 5.32 Å². The van der Waals surface area contributed by atoms with Crippen LogP contribution in [0.1, 0.15) is 5.56 Å². The number of rotatable bonds is 4. The lowest BCUT2D eigenvalue weighted by atomic mass is 10.2. The average molecular weight is 333 g/mol. The van der Waals surface area contributed by atoms with Crippen molar-refractivity contribution in [1.82, 2.24) is 0 Å². The molecule has 0 aliphatic carbocycles. The van der Waals surface area contributed by atoms with Gasteiger partial charge in [0.25, 0.3) is 0 Å². The highest BCUT2D eigenvalue weighted by atomic mass is 35.5. The summed E-state index contributed by atoms with van der Waals surface area (Å²) in [7, 11) is -3.84. The molecule has 4 nitrogen and oxygen atoms in total. The number of hydrogen-bond acceptors (Lipinski definition) is 4. The Kier molecular flexibility index (Phi) is 4.86. The van der Waals surface area contributed by atoms with Crippen LogP contribution in [0, 0.1) is 18.3 Å². The van der Waals surface area contributed by atoms with E-state index in [0.29, 0.717) is 10.7 Å². The van der Waals surface area contributed by atoms with E-state index in [1.54, 1.807) is 49.4 Å². The number of sulfone groups is 1. The number of nitriles is 1. The summed E-state index contributed by atoms with van der Waals surface area (Å²) in [5.74, 6) is 0. The van der Waals surface area contributed by atoms with Crippen LogP contribution in [0.15, 0.2) is 64.5 Å². The second-order valence-electron chi connectivity index (χ2n) is 4.49. The van der Waals surface area contributed by atoms with Gasteiger partial charge in [0.1, 0.15) is 6.07 Å². The molecule has 0 atom stereocenters. The molecule has 0 aromatic heterocycles. The molecule has 0 bridgehead atoms. The number of allylic oxidation sites excluding steroid dienone is 1. The lowest BCUT2D eigenvalue weighted by molar-refractivity contribution is 0.603. The first-order valence-electron chi connectivity index (χ1n) is 6.39. The van der Waals surface area contributed by atoms with Gasteiger partial charge < -0.3 is 5.32 Å². The maximum atomic E-state index is 12.4. The molecule has 0 unspecified atom stereocenters. The number of nitrogens with one attached hydrogen (secondary N) is 1. The maximum absolute atomic E-state index is 12.4. The average Bonchev–Trinajstić information content (AvgIpc) is 2.52. The van der Waals surface area contributed by atoms with Crippen molar-refractivity contribution in [2.45, 2.75) is 11.8 Å². The molecule has 22 heavy (non-hydrogen) atoms. The molecule has 0 amide bonds. The van der Waals surface area contributed by atoms with E-state index in [1.807, 2.05) is 0 Å². The van der Waals surface area contributed by atoms with Gasteiger partial charge >= 0.3 is 0 Å². The van der Waals surface area contributed by atoms with Crippen LogP contribution >= 0.6 is 11.6 Å². The van der Waals surface area contributed by atoms with Crippen LogP contribution in [0.5, 0.6) is 0 Å². The minimum absolute atomic E-state index is 0.0763.